The topological polar surface area (TPSA) is 46.2 Å². The van der Waals surface area contributed by atoms with Gasteiger partial charge in [0.2, 0.25) is 0 Å². The van der Waals surface area contributed by atoms with Crippen LogP contribution in [-0.2, 0) is 9.59 Å². The van der Waals surface area contributed by atoms with Gasteiger partial charge in [-0.3, -0.25) is 4.79 Å². The third-order valence-electron chi connectivity index (χ3n) is 1.88. The summed E-state index contributed by atoms with van der Waals surface area (Å²) in [6.45, 7) is 9.14. The molecule has 14 heavy (non-hydrogen) atoms. The fourth-order valence-electron chi connectivity index (χ4n) is 1.25. The number of rotatable bonds is 5. The normalized spacial score (nSPS) is 13.8. The van der Waals surface area contributed by atoms with Gasteiger partial charge in [0.05, 0.1) is 6.04 Å². The lowest BCUT2D eigenvalue weighted by Gasteiger charge is -2.26. The molecule has 0 unspecified atom stereocenters. The van der Waals surface area contributed by atoms with Gasteiger partial charge in [-0.1, -0.05) is 0 Å². The molecule has 0 saturated heterocycles. The number of hydrogen-bond acceptors (Lipinski definition) is 3. The number of carbonyl (C=O) groups is 2. The Balaban J connectivity index is 4.17. The van der Waals surface area contributed by atoms with Crippen LogP contribution in [0.2, 0.25) is 0 Å². The number of carbonyl (C=O) groups excluding carboxylic acids is 2. The highest BCUT2D eigenvalue weighted by Crippen LogP contribution is 2.07. The Kier molecular flexibility index (Phi) is 4.99. The highest BCUT2D eigenvalue weighted by Gasteiger charge is 2.20. The molecule has 3 heteroatoms. The van der Waals surface area contributed by atoms with E-state index >= 15 is 0 Å². The van der Waals surface area contributed by atoms with Crippen LogP contribution in [0.4, 0.5) is 0 Å². The lowest BCUT2D eigenvalue weighted by molar-refractivity contribution is -0.120. The molecule has 1 atom stereocenters. The van der Waals surface area contributed by atoms with Gasteiger partial charge in [-0.15, -0.1) is 0 Å². The number of Topliss-reactive ketones (excluding diaryl/α,β-unsaturated/α-hetero) is 2. The predicted octanol–water partition coefficient (Wildman–Crippen LogP) is 1.70. The Morgan fingerprint density at radius 1 is 1.21 bits per heavy atom. The molecule has 0 amide bonds. The molecule has 0 aromatic heterocycles. The summed E-state index contributed by atoms with van der Waals surface area (Å²) in [5.41, 5.74) is -0.0902. The van der Waals surface area contributed by atoms with E-state index in [4.69, 9.17) is 0 Å². The fourth-order valence-corrected chi connectivity index (χ4v) is 1.25. The maximum atomic E-state index is 11.3. The molecule has 0 fully saturated rings. The standard InChI is InChI=1S/C11H21NO2/c1-8(13)6-7-10(9(2)14)12-11(3,4)5/h10,12H,6-7H2,1-5H3/t10-/m0/s1. The quantitative estimate of drug-likeness (QED) is 0.733. The van der Waals surface area contributed by atoms with Crippen LogP contribution in [0.1, 0.15) is 47.5 Å². The molecule has 0 aliphatic rings. The van der Waals surface area contributed by atoms with Crippen LogP contribution >= 0.6 is 0 Å². The van der Waals surface area contributed by atoms with Gasteiger partial charge in [-0.05, 0) is 41.0 Å². The van der Waals surface area contributed by atoms with Crippen molar-refractivity contribution in [2.45, 2.75) is 59.0 Å². The molecular weight excluding hydrogens is 178 g/mol. The summed E-state index contributed by atoms with van der Waals surface area (Å²) in [6.07, 6.45) is 1.06. The van der Waals surface area contributed by atoms with E-state index in [0.717, 1.165) is 0 Å². The SMILES string of the molecule is CC(=O)CC[C@H](NC(C)(C)C)C(C)=O. The van der Waals surface area contributed by atoms with Crippen molar-refractivity contribution in [2.24, 2.45) is 0 Å². The average molecular weight is 199 g/mol. The van der Waals surface area contributed by atoms with Crippen molar-refractivity contribution in [1.29, 1.82) is 0 Å². The first-order valence-corrected chi connectivity index (χ1v) is 5.00. The minimum atomic E-state index is -0.195. The second kappa shape index (κ2) is 5.25. The number of ketones is 2. The Hall–Kier alpha value is -0.700. The third-order valence-corrected chi connectivity index (χ3v) is 1.88. The van der Waals surface area contributed by atoms with E-state index in [9.17, 15) is 9.59 Å². The van der Waals surface area contributed by atoms with Crippen LogP contribution in [-0.4, -0.2) is 23.1 Å². The summed E-state index contributed by atoms with van der Waals surface area (Å²) in [6, 6.07) is -0.195. The maximum absolute atomic E-state index is 11.3. The van der Waals surface area contributed by atoms with Crippen molar-refractivity contribution in [3.63, 3.8) is 0 Å². The fraction of sp³-hybridized carbons (Fsp3) is 0.818. The zero-order chi connectivity index (χ0) is 11.4. The molecule has 0 spiro atoms. The Bertz CT molecular complexity index is 216. The van der Waals surface area contributed by atoms with Crippen molar-refractivity contribution in [3.05, 3.63) is 0 Å². The highest BCUT2D eigenvalue weighted by atomic mass is 16.1. The molecule has 0 bridgehead atoms. The van der Waals surface area contributed by atoms with E-state index in [0.29, 0.717) is 12.8 Å². The maximum Gasteiger partial charge on any atom is 0.146 e. The van der Waals surface area contributed by atoms with Crippen LogP contribution < -0.4 is 5.32 Å². The average Bonchev–Trinajstić information content (AvgIpc) is 1.94. The molecule has 82 valence electrons. The predicted molar refractivity (Wildman–Crippen MR) is 57.3 cm³/mol. The third kappa shape index (κ3) is 6.78. The monoisotopic (exact) mass is 199 g/mol. The number of hydrogen-bond donors (Lipinski definition) is 1. The van der Waals surface area contributed by atoms with Crippen molar-refractivity contribution in [1.82, 2.24) is 5.32 Å². The van der Waals surface area contributed by atoms with E-state index < -0.39 is 0 Å². The van der Waals surface area contributed by atoms with Crippen LogP contribution in [0.3, 0.4) is 0 Å². The lowest BCUT2D eigenvalue weighted by atomic mass is 10.0. The first kappa shape index (κ1) is 13.3. The van der Waals surface area contributed by atoms with Crippen LogP contribution in [0.15, 0.2) is 0 Å². The molecule has 0 aliphatic heterocycles. The van der Waals surface area contributed by atoms with Crippen LogP contribution in [0.25, 0.3) is 0 Å². The molecule has 0 saturated carbocycles. The van der Waals surface area contributed by atoms with Gasteiger partial charge in [0.1, 0.15) is 11.6 Å². The minimum Gasteiger partial charge on any atom is -0.303 e. The highest BCUT2D eigenvalue weighted by molar-refractivity contribution is 5.82. The molecule has 3 nitrogen and oxygen atoms in total. The Morgan fingerprint density at radius 3 is 2.00 bits per heavy atom. The second-order valence-corrected chi connectivity index (χ2v) is 4.80. The van der Waals surface area contributed by atoms with Crippen molar-refractivity contribution in [3.8, 4) is 0 Å². The van der Waals surface area contributed by atoms with Gasteiger partial charge >= 0.3 is 0 Å². The Labute approximate surface area is 86.3 Å². The zero-order valence-electron chi connectivity index (χ0n) is 9.81. The van der Waals surface area contributed by atoms with Crippen LogP contribution in [0, 0.1) is 0 Å². The first-order valence-electron chi connectivity index (χ1n) is 5.00. The molecule has 0 aromatic carbocycles. The molecule has 0 aliphatic carbocycles. The van der Waals surface area contributed by atoms with Gasteiger partial charge in [-0.2, -0.15) is 0 Å². The lowest BCUT2D eigenvalue weighted by Crippen LogP contribution is -2.47. The van der Waals surface area contributed by atoms with Gasteiger partial charge in [0, 0.05) is 12.0 Å². The molecular formula is C11H21NO2. The van der Waals surface area contributed by atoms with E-state index in [-0.39, 0.29) is 23.1 Å². The molecule has 0 aromatic rings. The molecule has 0 radical (unpaired) electrons. The molecule has 1 N–H and O–H groups in total. The van der Waals surface area contributed by atoms with Crippen LogP contribution in [0.5, 0.6) is 0 Å². The summed E-state index contributed by atoms with van der Waals surface area (Å²) in [5, 5.41) is 3.21. The summed E-state index contributed by atoms with van der Waals surface area (Å²) in [4.78, 5) is 22.1. The van der Waals surface area contributed by atoms with Crippen molar-refractivity contribution < 1.29 is 9.59 Å². The van der Waals surface area contributed by atoms with Gasteiger partial charge in [0.25, 0.3) is 0 Å². The summed E-state index contributed by atoms with van der Waals surface area (Å²) < 4.78 is 0. The first-order chi connectivity index (χ1) is 6.22. The second-order valence-electron chi connectivity index (χ2n) is 4.80. The zero-order valence-corrected chi connectivity index (χ0v) is 9.81. The number of nitrogens with one attached hydrogen (secondary N) is 1. The largest absolute Gasteiger partial charge is 0.303 e. The Morgan fingerprint density at radius 2 is 1.71 bits per heavy atom. The minimum absolute atomic E-state index is 0.0902. The van der Waals surface area contributed by atoms with E-state index in [2.05, 4.69) is 5.32 Å². The van der Waals surface area contributed by atoms with E-state index in [1.165, 1.54) is 0 Å². The molecule has 0 rings (SSSR count). The summed E-state index contributed by atoms with van der Waals surface area (Å²) >= 11 is 0. The smallest absolute Gasteiger partial charge is 0.146 e. The van der Waals surface area contributed by atoms with Crippen molar-refractivity contribution in [2.75, 3.05) is 0 Å². The van der Waals surface area contributed by atoms with Gasteiger partial charge in [0.15, 0.2) is 0 Å². The summed E-state index contributed by atoms with van der Waals surface area (Å²) in [7, 11) is 0. The molecule has 0 heterocycles. The van der Waals surface area contributed by atoms with E-state index in [1.807, 2.05) is 20.8 Å². The van der Waals surface area contributed by atoms with Crippen molar-refractivity contribution >= 4 is 11.6 Å². The van der Waals surface area contributed by atoms with Gasteiger partial charge in [-0.25, -0.2) is 0 Å². The van der Waals surface area contributed by atoms with E-state index in [1.54, 1.807) is 13.8 Å². The summed E-state index contributed by atoms with van der Waals surface area (Å²) in [5.74, 6) is 0.230. The van der Waals surface area contributed by atoms with Gasteiger partial charge < -0.3 is 10.1 Å².